The van der Waals surface area contributed by atoms with Crippen LogP contribution >= 0.6 is 0 Å². The minimum Gasteiger partial charge on any atom is -0.356 e. The van der Waals surface area contributed by atoms with Gasteiger partial charge in [-0.3, -0.25) is 4.79 Å². The van der Waals surface area contributed by atoms with Gasteiger partial charge < -0.3 is 9.47 Å². The summed E-state index contributed by atoms with van der Waals surface area (Å²) in [6, 6.07) is 0. The van der Waals surface area contributed by atoms with E-state index in [1.807, 2.05) is 6.92 Å². The van der Waals surface area contributed by atoms with Gasteiger partial charge in [0.2, 0.25) is 0 Å². The van der Waals surface area contributed by atoms with Crippen LogP contribution in [0.4, 0.5) is 0 Å². The lowest BCUT2D eigenvalue weighted by Crippen LogP contribution is -2.12. The van der Waals surface area contributed by atoms with Crippen LogP contribution in [0.1, 0.15) is 13.3 Å². The van der Waals surface area contributed by atoms with E-state index in [0.29, 0.717) is 6.42 Å². The molecule has 0 aromatic rings. The molecule has 0 aromatic carbocycles. The molecule has 0 aliphatic rings. The van der Waals surface area contributed by atoms with Crippen LogP contribution in [0.15, 0.2) is 11.6 Å². The molecule has 0 fully saturated rings. The first kappa shape index (κ1) is 10.3. The van der Waals surface area contributed by atoms with Crippen LogP contribution in [0.3, 0.4) is 0 Å². The maximum atomic E-state index is 10.0. The highest BCUT2D eigenvalue weighted by Crippen LogP contribution is 2.06. The van der Waals surface area contributed by atoms with Crippen LogP contribution in [0.25, 0.3) is 0 Å². The number of methoxy groups -OCH3 is 2. The van der Waals surface area contributed by atoms with Gasteiger partial charge in [-0.15, -0.1) is 0 Å². The first-order chi connectivity index (χ1) is 5.24. The van der Waals surface area contributed by atoms with E-state index in [-0.39, 0.29) is 6.29 Å². The van der Waals surface area contributed by atoms with Crippen molar-refractivity contribution in [1.82, 2.24) is 0 Å². The molecule has 0 radical (unpaired) electrons. The molecule has 0 atom stereocenters. The van der Waals surface area contributed by atoms with E-state index in [2.05, 4.69) is 0 Å². The van der Waals surface area contributed by atoms with Gasteiger partial charge in [0.25, 0.3) is 0 Å². The fourth-order valence-electron chi connectivity index (χ4n) is 0.710. The van der Waals surface area contributed by atoms with Crippen molar-refractivity contribution in [2.45, 2.75) is 19.6 Å². The third kappa shape index (κ3) is 4.70. The van der Waals surface area contributed by atoms with Gasteiger partial charge in [-0.2, -0.15) is 0 Å². The van der Waals surface area contributed by atoms with Crippen molar-refractivity contribution < 1.29 is 14.3 Å². The van der Waals surface area contributed by atoms with Gasteiger partial charge in [0.15, 0.2) is 6.29 Å². The molecule has 64 valence electrons. The van der Waals surface area contributed by atoms with Crippen molar-refractivity contribution in [2.24, 2.45) is 0 Å². The summed E-state index contributed by atoms with van der Waals surface area (Å²) in [5, 5.41) is 0. The number of hydrogen-bond acceptors (Lipinski definition) is 3. The van der Waals surface area contributed by atoms with E-state index < -0.39 is 0 Å². The molecule has 0 aliphatic carbocycles. The molecule has 0 saturated heterocycles. The van der Waals surface area contributed by atoms with Crippen LogP contribution in [-0.4, -0.2) is 26.8 Å². The molecule has 0 heterocycles. The smallest absolute Gasteiger partial charge is 0.160 e. The predicted molar refractivity (Wildman–Crippen MR) is 42.2 cm³/mol. The SMILES string of the molecule is COC(C/C(C)=C/C=O)OC. The summed E-state index contributed by atoms with van der Waals surface area (Å²) in [6.07, 6.45) is 2.65. The predicted octanol–water partition coefficient (Wildman–Crippen LogP) is 1.14. The highest BCUT2D eigenvalue weighted by Gasteiger charge is 2.04. The zero-order valence-corrected chi connectivity index (χ0v) is 7.16. The molecule has 11 heavy (non-hydrogen) atoms. The maximum absolute atomic E-state index is 10.0. The van der Waals surface area contributed by atoms with Crippen molar-refractivity contribution in [1.29, 1.82) is 0 Å². The summed E-state index contributed by atoms with van der Waals surface area (Å²) in [5.74, 6) is 0. The van der Waals surface area contributed by atoms with Gasteiger partial charge in [-0.05, 0) is 13.0 Å². The third-order valence-electron chi connectivity index (χ3n) is 1.37. The highest BCUT2D eigenvalue weighted by molar-refractivity contribution is 5.65. The number of allylic oxidation sites excluding steroid dienone is 1. The largest absolute Gasteiger partial charge is 0.356 e. The number of hydrogen-bond donors (Lipinski definition) is 0. The Balaban J connectivity index is 3.80. The maximum Gasteiger partial charge on any atom is 0.160 e. The lowest BCUT2D eigenvalue weighted by molar-refractivity contribution is -0.104. The summed E-state index contributed by atoms with van der Waals surface area (Å²) in [4.78, 5) is 10.0. The van der Waals surface area contributed by atoms with Crippen LogP contribution in [-0.2, 0) is 14.3 Å². The van der Waals surface area contributed by atoms with E-state index in [1.165, 1.54) is 6.08 Å². The minimum atomic E-state index is -0.244. The zero-order chi connectivity index (χ0) is 8.69. The first-order valence-corrected chi connectivity index (χ1v) is 3.41. The van der Waals surface area contributed by atoms with E-state index in [0.717, 1.165) is 11.9 Å². The summed E-state index contributed by atoms with van der Waals surface area (Å²) in [7, 11) is 3.14. The third-order valence-corrected chi connectivity index (χ3v) is 1.37. The van der Waals surface area contributed by atoms with Crippen molar-refractivity contribution in [3.63, 3.8) is 0 Å². The Kier molecular flexibility index (Phi) is 5.70. The Morgan fingerprint density at radius 3 is 2.36 bits per heavy atom. The van der Waals surface area contributed by atoms with Gasteiger partial charge >= 0.3 is 0 Å². The lowest BCUT2D eigenvalue weighted by Gasteiger charge is -2.12. The van der Waals surface area contributed by atoms with Crippen molar-refractivity contribution in [3.8, 4) is 0 Å². The van der Waals surface area contributed by atoms with Crippen molar-refractivity contribution in [2.75, 3.05) is 14.2 Å². The van der Waals surface area contributed by atoms with Gasteiger partial charge in [0, 0.05) is 20.6 Å². The van der Waals surface area contributed by atoms with Crippen LogP contribution in [0.2, 0.25) is 0 Å². The normalized spacial score (nSPS) is 12.2. The second-order valence-electron chi connectivity index (χ2n) is 2.25. The summed E-state index contributed by atoms with van der Waals surface area (Å²) < 4.78 is 9.87. The Morgan fingerprint density at radius 1 is 1.45 bits per heavy atom. The standard InChI is InChI=1S/C8H14O3/c1-7(4-5-9)6-8(10-2)11-3/h4-5,8H,6H2,1-3H3/b7-4+. The molecule has 0 aromatic heterocycles. The molecule has 0 N–H and O–H groups in total. The van der Waals surface area contributed by atoms with Crippen molar-refractivity contribution in [3.05, 3.63) is 11.6 Å². The Bertz CT molecular complexity index is 136. The Hall–Kier alpha value is -0.670. The highest BCUT2D eigenvalue weighted by atomic mass is 16.7. The molecular formula is C8H14O3. The molecule has 0 rings (SSSR count). The van der Waals surface area contributed by atoms with E-state index in [9.17, 15) is 4.79 Å². The molecule has 0 saturated carbocycles. The topological polar surface area (TPSA) is 35.5 Å². The van der Waals surface area contributed by atoms with Crippen LogP contribution in [0, 0.1) is 0 Å². The van der Waals surface area contributed by atoms with E-state index in [1.54, 1.807) is 14.2 Å². The minimum absolute atomic E-state index is 0.244. The monoisotopic (exact) mass is 158 g/mol. The van der Waals surface area contributed by atoms with Gasteiger partial charge in [-0.1, -0.05) is 5.57 Å². The number of rotatable bonds is 5. The molecule has 0 amide bonds. The van der Waals surface area contributed by atoms with Crippen molar-refractivity contribution >= 4 is 6.29 Å². The van der Waals surface area contributed by atoms with E-state index >= 15 is 0 Å². The summed E-state index contributed by atoms with van der Waals surface area (Å²) in [5.41, 5.74) is 0.953. The Labute approximate surface area is 67.0 Å². The fraction of sp³-hybridized carbons (Fsp3) is 0.625. The van der Waals surface area contributed by atoms with E-state index in [4.69, 9.17) is 9.47 Å². The van der Waals surface area contributed by atoms with Gasteiger partial charge in [0.1, 0.15) is 6.29 Å². The summed E-state index contributed by atoms with van der Waals surface area (Å²) >= 11 is 0. The zero-order valence-electron chi connectivity index (χ0n) is 7.16. The van der Waals surface area contributed by atoms with Gasteiger partial charge in [-0.25, -0.2) is 0 Å². The number of carbonyl (C=O) groups is 1. The Morgan fingerprint density at radius 2 is 2.00 bits per heavy atom. The average Bonchev–Trinajstić information content (AvgIpc) is 2.01. The molecular weight excluding hydrogens is 144 g/mol. The molecule has 3 nitrogen and oxygen atoms in total. The molecule has 3 heteroatoms. The first-order valence-electron chi connectivity index (χ1n) is 3.41. The molecule has 0 aliphatic heterocycles. The van der Waals surface area contributed by atoms with Gasteiger partial charge in [0.05, 0.1) is 0 Å². The number of carbonyl (C=O) groups excluding carboxylic acids is 1. The second-order valence-corrected chi connectivity index (χ2v) is 2.25. The van der Waals surface area contributed by atoms with Crippen LogP contribution < -0.4 is 0 Å². The lowest BCUT2D eigenvalue weighted by atomic mass is 10.2. The fourth-order valence-corrected chi connectivity index (χ4v) is 0.710. The molecule has 0 spiro atoms. The summed E-state index contributed by atoms with van der Waals surface area (Å²) in [6.45, 7) is 1.86. The number of ether oxygens (including phenoxy) is 2. The second kappa shape index (κ2) is 6.07. The van der Waals surface area contributed by atoms with Crippen LogP contribution in [0.5, 0.6) is 0 Å². The number of aldehydes is 1. The average molecular weight is 158 g/mol. The molecule has 0 unspecified atom stereocenters. The molecule has 0 bridgehead atoms. The quantitative estimate of drug-likeness (QED) is 0.342.